The summed E-state index contributed by atoms with van der Waals surface area (Å²) in [4.78, 5) is 27.3. The van der Waals surface area contributed by atoms with E-state index in [9.17, 15) is 9.59 Å². The molecule has 1 fully saturated rings. The Hall–Kier alpha value is -2.57. The maximum absolute atomic E-state index is 12.8. The second kappa shape index (κ2) is 6.87. The maximum atomic E-state index is 12.8. The van der Waals surface area contributed by atoms with Crippen molar-refractivity contribution in [2.24, 2.45) is 11.8 Å². The quantitative estimate of drug-likeness (QED) is 0.708. The second-order valence-corrected chi connectivity index (χ2v) is 7.96. The SMILES string of the molecule is Cc1nn(CCCC(=O)N2C[C@H](C)C[C@H](C)C2)c(=O)c2cc3occc3n12. The highest BCUT2D eigenvalue weighted by Gasteiger charge is 2.25. The van der Waals surface area contributed by atoms with Crippen molar-refractivity contribution in [3.8, 4) is 0 Å². The minimum absolute atomic E-state index is 0.153. The van der Waals surface area contributed by atoms with Gasteiger partial charge in [-0.25, -0.2) is 4.68 Å². The van der Waals surface area contributed by atoms with Gasteiger partial charge >= 0.3 is 0 Å². The monoisotopic (exact) mass is 370 g/mol. The zero-order chi connectivity index (χ0) is 19.1. The van der Waals surface area contributed by atoms with E-state index in [-0.39, 0.29) is 11.5 Å². The van der Waals surface area contributed by atoms with Crippen LogP contribution in [-0.4, -0.2) is 38.1 Å². The predicted molar refractivity (Wildman–Crippen MR) is 103 cm³/mol. The van der Waals surface area contributed by atoms with Crippen LogP contribution in [0.5, 0.6) is 0 Å². The van der Waals surface area contributed by atoms with Gasteiger partial charge in [0.1, 0.15) is 11.3 Å². The highest BCUT2D eigenvalue weighted by atomic mass is 16.3. The highest BCUT2D eigenvalue weighted by molar-refractivity contribution is 5.82. The number of hydrogen-bond acceptors (Lipinski definition) is 4. The van der Waals surface area contributed by atoms with Crippen LogP contribution in [0.1, 0.15) is 38.9 Å². The summed E-state index contributed by atoms with van der Waals surface area (Å²) in [6.45, 7) is 8.40. The zero-order valence-corrected chi connectivity index (χ0v) is 16.1. The molecule has 7 heteroatoms. The standard InChI is InChI=1S/C20H26N4O3/c1-13-9-14(2)12-22(11-13)19(25)5-4-7-23-20(26)17-10-18-16(6-8-27-18)24(17)15(3)21-23/h6,8,10,13-14H,4-5,7,9,11-12H2,1-3H3/t13-,14+. The molecule has 7 nitrogen and oxygen atoms in total. The second-order valence-electron chi connectivity index (χ2n) is 7.96. The number of carbonyl (C=O) groups excluding carboxylic acids is 1. The van der Waals surface area contributed by atoms with Crippen molar-refractivity contribution in [2.45, 2.75) is 46.6 Å². The fourth-order valence-electron chi connectivity index (χ4n) is 4.38. The van der Waals surface area contributed by atoms with Gasteiger partial charge < -0.3 is 9.32 Å². The van der Waals surface area contributed by atoms with Gasteiger partial charge in [0.25, 0.3) is 5.56 Å². The van der Waals surface area contributed by atoms with Crippen LogP contribution >= 0.6 is 0 Å². The molecule has 1 amide bonds. The molecule has 0 bridgehead atoms. The number of carbonyl (C=O) groups is 1. The number of furan rings is 1. The van der Waals surface area contributed by atoms with Gasteiger partial charge in [0, 0.05) is 38.2 Å². The molecular weight excluding hydrogens is 344 g/mol. The summed E-state index contributed by atoms with van der Waals surface area (Å²) >= 11 is 0. The third-order valence-electron chi connectivity index (χ3n) is 5.45. The van der Waals surface area contributed by atoms with Gasteiger partial charge in [-0.15, -0.1) is 0 Å². The van der Waals surface area contributed by atoms with E-state index >= 15 is 0 Å². The lowest BCUT2D eigenvalue weighted by Crippen LogP contribution is -2.42. The summed E-state index contributed by atoms with van der Waals surface area (Å²) < 4.78 is 8.69. The van der Waals surface area contributed by atoms with E-state index in [4.69, 9.17) is 4.42 Å². The third kappa shape index (κ3) is 3.26. The predicted octanol–water partition coefficient (Wildman–Crippen LogP) is 2.84. The molecule has 0 saturated carbocycles. The summed E-state index contributed by atoms with van der Waals surface area (Å²) in [5.74, 6) is 2.02. The Morgan fingerprint density at radius 3 is 2.74 bits per heavy atom. The van der Waals surface area contributed by atoms with E-state index < -0.39 is 0 Å². The first kappa shape index (κ1) is 17.8. The van der Waals surface area contributed by atoms with Gasteiger partial charge in [0.15, 0.2) is 5.58 Å². The molecule has 4 heterocycles. The summed E-state index contributed by atoms with van der Waals surface area (Å²) in [7, 11) is 0. The topological polar surface area (TPSA) is 72.8 Å². The van der Waals surface area contributed by atoms with Crippen molar-refractivity contribution in [3.63, 3.8) is 0 Å². The molecule has 4 rings (SSSR count). The summed E-state index contributed by atoms with van der Waals surface area (Å²) in [5.41, 5.74) is 1.93. The average Bonchev–Trinajstić information content (AvgIpc) is 3.19. The first-order valence-corrected chi connectivity index (χ1v) is 9.68. The van der Waals surface area contributed by atoms with Crippen LogP contribution in [0.3, 0.4) is 0 Å². The van der Waals surface area contributed by atoms with E-state index in [1.807, 2.05) is 22.3 Å². The number of fused-ring (bicyclic) bond motifs is 3. The highest BCUT2D eigenvalue weighted by Crippen LogP contribution is 2.22. The molecule has 0 spiro atoms. The minimum atomic E-state index is -0.153. The first-order valence-electron chi connectivity index (χ1n) is 9.68. The molecule has 0 aliphatic carbocycles. The van der Waals surface area contributed by atoms with Crippen molar-refractivity contribution < 1.29 is 9.21 Å². The lowest BCUT2D eigenvalue weighted by atomic mass is 9.91. The lowest BCUT2D eigenvalue weighted by Gasteiger charge is -2.35. The fourth-order valence-corrected chi connectivity index (χ4v) is 4.38. The first-order chi connectivity index (χ1) is 12.9. The minimum Gasteiger partial charge on any atom is -0.463 e. The molecule has 0 radical (unpaired) electrons. The van der Waals surface area contributed by atoms with Crippen LogP contribution in [0.2, 0.25) is 0 Å². The zero-order valence-electron chi connectivity index (χ0n) is 16.1. The van der Waals surface area contributed by atoms with E-state index in [1.165, 1.54) is 11.1 Å². The molecule has 1 saturated heterocycles. The average molecular weight is 370 g/mol. The van der Waals surface area contributed by atoms with Gasteiger partial charge in [0.05, 0.1) is 11.8 Å². The smallest absolute Gasteiger partial charge is 0.291 e. The maximum Gasteiger partial charge on any atom is 0.291 e. The molecule has 3 aromatic rings. The molecule has 0 aromatic carbocycles. The van der Waals surface area contributed by atoms with Crippen molar-refractivity contribution >= 4 is 22.5 Å². The normalized spacial score (nSPS) is 20.6. The van der Waals surface area contributed by atoms with Gasteiger partial charge in [-0.3, -0.25) is 14.0 Å². The largest absolute Gasteiger partial charge is 0.463 e. The molecular formula is C20H26N4O3. The lowest BCUT2D eigenvalue weighted by molar-refractivity contribution is -0.134. The Balaban J connectivity index is 1.47. The Morgan fingerprint density at radius 1 is 1.26 bits per heavy atom. The number of nitrogens with zero attached hydrogens (tertiary/aromatic N) is 4. The number of rotatable bonds is 4. The van der Waals surface area contributed by atoms with E-state index in [2.05, 4.69) is 18.9 Å². The Bertz CT molecular complexity index is 1030. The summed E-state index contributed by atoms with van der Waals surface area (Å²) in [5, 5.41) is 4.44. The molecule has 144 valence electrons. The number of aryl methyl sites for hydroxylation is 2. The molecule has 0 N–H and O–H groups in total. The third-order valence-corrected chi connectivity index (χ3v) is 5.45. The number of likely N-dealkylation sites (tertiary alicyclic amines) is 1. The van der Waals surface area contributed by atoms with Crippen LogP contribution in [0.25, 0.3) is 16.6 Å². The molecule has 1 aliphatic heterocycles. The molecule has 27 heavy (non-hydrogen) atoms. The van der Waals surface area contributed by atoms with Crippen LogP contribution in [0.15, 0.2) is 27.6 Å². The van der Waals surface area contributed by atoms with E-state index in [0.717, 1.165) is 24.4 Å². The molecule has 3 aromatic heterocycles. The number of hydrogen-bond donors (Lipinski definition) is 0. The Labute approximate surface area is 157 Å². The van der Waals surface area contributed by atoms with Crippen molar-refractivity contribution in [1.29, 1.82) is 0 Å². The van der Waals surface area contributed by atoms with Crippen molar-refractivity contribution in [3.05, 3.63) is 34.6 Å². The van der Waals surface area contributed by atoms with Crippen LogP contribution in [-0.2, 0) is 11.3 Å². The number of piperidine rings is 1. The summed E-state index contributed by atoms with van der Waals surface area (Å²) in [6.07, 6.45) is 3.84. The van der Waals surface area contributed by atoms with E-state index in [1.54, 1.807) is 12.3 Å². The van der Waals surface area contributed by atoms with Gasteiger partial charge in [-0.05, 0) is 31.6 Å². The number of amides is 1. The van der Waals surface area contributed by atoms with Crippen molar-refractivity contribution in [2.75, 3.05) is 13.1 Å². The summed E-state index contributed by atoms with van der Waals surface area (Å²) in [6, 6.07) is 3.59. The fraction of sp³-hybridized carbons (Fsp3) is 0.550. The number of aromatic nitrogens is 3. The van der Waals surface area contributed by atoms with Gasteiger partial charge in [-0.2, -0.15) is 5.10 Å². The Morgan fingerprint density at radius 2 is 2.00 bits per heavy atom. The van der Waals surface area contributed by atoms with Gasteiger partial charge in [0.2, 0.25) is 5.91 Å². The van der Waals surface area contributed by atoms with Crippen molar-refractivity contribution in [1.82, 2.24) is 19.1 Å². The van der Waals surface area contributed by atoms with E-state index in [0.29, 0.717) is 42.3 Å². The molecule has 2 atom stereocenters. The van der Waals surface area contributed by atoms with Crippen LogP contribution in [0, 0.1) is 18.8 Å². The van der Waals surface area contributed by atoms with Gasteiger partial charge in [-0.1, -0.05) is 13.8 Å². The Kier molecular flexibility index (Phi) is 4.53. The molecule has 1 aliphatic rings. The van der Waals surface area contributed by atoms with Crippen LogP contribution in [0.4, 0.5) is 0 Å². The molecule has 0 unspecified atom stereocenters. The van der Waals surface area contributed by atoms with Crippen LogP contribution < -0.4 is 5.56 Å².